The van der Waals surface area contributed by atoms with Gasteiger partial charge in [0.25, 0.3) is 0 Å². The average molecular weight is 334 g/mol. The van der Waals surface area contributed by atoms with Gasteiger partial charge in [-0.2, -0.15) is 4.31 Å². The van der Waals surface area contributed by atoms with Crippen molar-refractivity contribution < 1.29 is 17.9 Å². The fourth-order valence-corrected chi connectivity index (χ4v) is 3.83. The van der Waals surface area contributed by atoms with Crippen molar-refractivity contribution >= 4 is 10.0 Å². The zero-order chi connectivity index (χ0) is 16.4. The van der Waals surface area contributed by atoms with Gasteiger partial charge in [0.15, 0.2) is 0 Å². The molecule has 0 spiro atoms. The Labute approximate surface area is 135 Å². The number of hydrogen-bond acceptors (Lipinski definition) is 5. The van der Waals surface area contributed by atoms with Gasteiger partial charge >= 0.3 is 0 Å². The van der Waals surface area contributed by atoms with Crippen LogP contribution in [0.15, 0.2) is 47.4 Å². The van der Waals surface area contributed by atoms with Crippen molar-refractivity contribution in [3.8, 4) is 11.6 Å². The topological polar surface area (TPSA) is 68.7 Å². The molecular weight excluding hydrogens is 316 g/mol. The van der Waals surface area contributed by atoms with Crippen molar-refractivity contribution in [2.75, 3.05) is 20.2 Å². The van der Waals surface area contributed by atoms with Crippen molar-refractivity contribution in [3.63, 3.8) is 0 Å². The smallest absolute Gasteiger partial charge is 0.243 e. The van der Waals surface area contributed by atoms with Crippen molar-refractivity contribution in [3.05, 3.63) is 48.2 Å². The van der Waals surface area contributed by atoms with E-state index in [1.165, 1.54) is 4.31 Å². The first-order chi connectivity index (χ1) is 11.0. The van der Waals surface area contributed by atoms with E-state index in [0.29, 0.717) is 24.7 Å². The first-order valence-electron chi connectivity index (χ1n) is 7.23. The summed E-state index contributed by atoms with van der Waals surface area (Å²) < 4.78 is 37.1. The lowest BCUT2D eigenvalue weighted by molar-refractivity contribution is 0.0719. The van der Waals surface area contributed by atoms with Crippen LogP contribution in [0.25, 0.3) is 0 Å². The van der Waals surface area contributed by atoms with Gasteiger partial charge in [0.2, 0.25) is 15.9 Å². The second-order valence-electron chi connectivity index (χ2n) is 5.35. The molecular formula is C16H18N2O4S. The van der Waals surface area contributed by atoms with Gasteiger partial charge in [-0.25, -0.2) is 13.4 Å². The summed E-state index contributed by atoms with van der Waals surface area (Å²) in [5, 5.41) is 0. The van der Waals surface area contributed by atoms with Gasteiger partial charge in [0.1, 0.15) is 11.9 Å². The van der Waals surface area contributed by atoms with Crippen molar-refractivity contribution in [2.24, 2.45) is 0 Å². The molecule has 0 N–H and O–H groups in total. The lowest BCUT2D eigenvalue weighted by Crippen LogP contribution is -2.56. The number of nitrogens with zero attached hydrogens (tertiary/aromatic N) is 2. The summed E-state index contributed by atoms with van der Waals surface area (Å²) in [5.41, 5.74) is 0.865. The van der Waals surface area contributed by atoms with E-state index in [1.54, 1.807) is 37.4 Å². The summed E-state index contributed by atoms with van der Waals surface area (Å²) in [6.45, 7) is 2.53. The van der Waals surface area contributed by atoms with Crippen LogP contribution in [0.1, 0.15) is 5.69 Å². The van der Waals surface area contributed by atoms with E-state index >= 15 is 0 Å². The molecule has 0 unspecified atom stereocenters. The lowest BCUT2D eigenvalue weighted by Gasteiger charge is -2.37. The number of benzene rings is 1. The van der Waals surface area contributed by atoms with E-state index in [1.807, 2.05) is 19.1 Å². The molecule has 1 saturated heterocycles. The summed E-state index contributed by atoms with van der Waals surface area (Å²) in [6, 6.07) is 11.9. The molecule has 0 saturated carbocycles. The molecule has 0 radical (unpaired) electrons. The van der Waals surface area contributed by atoms with Gasteiger partial charge in [-0.3, -0.25) is 0 Å². The van der Waals surface area contributed by atoms with Gasteiger partial charge in [-0.1, -0.05) is 6.07 Å². The Morgan fingerprint density at radius 3 is 2.43 bits per heavy atom. The number of aryl methyl sites for hydroxylation is 1. The molecule has 2 aromatic rings. The Morgan fingerprint density at radius 2 is 1.83 bits per heavy atom. The number of rotatable bonds is 5. The number of ether oxygens (including phenoxy) is 2. The molecule has 1 fully saturated rings. The highest BCUT2D eigenvalue weighted by Crippen LogP contribution is 2.25. The third-order valence-corrected chi connectivity index (χ3v) is 5.51. The maximum absolute atomic E-state index is 12.5. The number of hydrogen-bond donors (Lipinski definition) is 0. The minimum atomic E-state index is -3.48. The molecule has 122 valence electrons. The largest absolute Gasteiger partial charge is 0.497 e. The molecule has 1 aliphatic heterocycles. The van der Waals surface area contributed by atoms with Crippen LogP contribution in [0, 0.1) is 6.92 Å². The molecule has 0 bridgehead atoms. The Morgan fingerprint density at radius 1 is 1.13 bits per heavy atom. The maximum Gasteiger partial charge on any atom is 0.243 e. The second kappa shape index (κ2) is 6.17. The molecule has 23 heavy (non-hydrogen) atoms. The first-order valence-corrected chi connectivity index (χ1v) is 8.67. The SMILES string of the molecule is COc1ccc(S(=O)(=O)N2CC(Oc3cccc(C)n3)C2)cc1. The van der Waals surface area contributed by atoms with Gasteiger partial charge in [-0.15, -0.1) is 0 Å². The fourth-order valence-electron chi connectivity index (χ4n) is 2.32. The molecule has 7 heteroatoms. The second-order valence-corrected chi connectivity index (χ2v) is 7.29. The van der Waals surface area contributed by atoms with Gasteiger partial charge in [0, 0.05) is 11.8 Å². The zero-order valence-electron chi connectivity index (χ0n) is 13.0. The van der Waals surface area contributed by atoms with E-state index in [4.69, 9.17) is 9.47 Å². The fraction of sp³-hybridized carbons (Fsp3) is 0.312. The number of methoxy groups -OCH3 is 1. The number of pyridine rings is 1. The highest BCUT2D eigenvalue weighted by Gasteiger charge is 2.38. The molecule has 3 rings (SSSR count). The van der Waals surface area contributed by atoms with Gasteiger partial charge < -0.3 is 9.47 Å². The van der Waals surface area contributed by atoms with Gasteiger partial charge in [-0.05, 0) is 37.3 Å². The molecule has 1 aliphatic rings. The number of aromatic nitrogens is 1. The van der Waals surface area contributed by atoms with E-state index < -0.39 is 10.0 Å². The van der Waals surface area contributed by atoms with Crippen molar-refractivity contribution in [1.29, 1.82) is 0 Å². The first kappa shape index (κ1) is 15.8. The zero-order valence-corrected chi connectivity index (χ0v) is 13.8. The standard InChI is InChI=1S/C16H18N2O4S/c1-12-4-3-5-16(17-12)22-14-10-18(11-14)23(19,20)15-8-6-13(21-2)7-9-15/h3-9,14H,10-11H2,1-2H3. The summed E-state index contributed by atoms with van der Waals surface area (Å²) in [7, 11) is -1.94. The number of sulfonamides is 1. The van der Waals surface area contributed by atoms with Gasteiger partial charge in [0.05, 0.1) is 25.1 Å². The Kier molecular flexibility index (Phi) is 4.23. The lowest BCUT2D eigenvalue weighted by atomic mass is 10.2. The van der Waals surface area contributed by atoms with Crippen LogP contribution in [-0.2, 0) is 10.0 Å². The van der Waals surface area contributed by atoms with E-state index in [0.717, 1.165) is 5.69 Å². The van der Waals surface area contributed by atoms with Crippen LogP contribution in [0.3, 0.4) is 0 Å². The Balaban J connectivity index is 1.63. The van der Waals surface area contributed by atoms with Crippen LogP contribution in [-0.4, -0.2) is 44.0 Å². The third-order valence-electron chi connectivity index (χ3n) is 3.66. The third kappa shape index (κ3) is 3.30. The molecule has 6 nitrogen and oxygen atoms in total. The quantitative estimate of drug-likeness (QED) is 0.835. The molecule has 0 atom stereocenters. The minimum absolute atomic E-state index is 0.169. The highest BCUT2D eigenvalue weighted by atomic mass is 32.2. The molecule has 2 heterocycles. The van der Waals surface area contributed by atoms with Crippen LogP contribution in [0.4, 0.5) is 0 Å². The van der Waals surface area contributed by atoms with Crippen LogP contribution in [0.2, 0.25) is 0 Å². The molecule has 0 aliphatic carbocycles. The average Bonchev–Trinajstić information content (AvgIpc) is 2.50. The monoisotopic (exact) mass is 334 g/mol. The summed E-state index contributed by atoms with van der Waals surface area (Å²) in [5.74, 6) is 1.15. The van der Waals surface area contributed by atoms with Crippen LogP contribution < -0.4 is 9.47 Å². The predicted molar refractivity (Wildman–Crippen MR) is 85.1 cm³/mol. The maximum atomic E-state index is 12.5. The van der Waals surface area contributed by atoms with Crippen molar-refractivity contribution in [2.45, 2.75) is 17.9 Å². The predicted octanol–water partition coefficient (Wildman–Crippen LogP) is 1.85. The summed E-state index contributed by atoms with van der Waals surface area (Å²) >= 11 is 0. The summed E-state index contributed by atoms with van der Waals surface area (Å²) in [6.07, 6.45) is -0.169. The Hall–Kier alpha value is -2.12. The normalized spacial score (nSPS) is 15.9. The minimum Gasteiger partial charge on any atom is -0.497 e. The van der Waals surface area contributed by atoms with Crippen molar-refractivity contribution in [1.82, 2.24) is 9.29 Å². The molecule has 0 amide bonds. The van der Waals surface area contributed by atoms with E-state index in [2.05, 4.69) is 4.98 Å². The van der Waals surface area contributed by atoms with Crippen LogP contribution in [0.5, 0.6) is 11.6 Å². The Bertz CT molecular complexity index is 784. The van der Waals surface area contributed by atoms with Crippen LogP contribution >= 0.6 is 0 Å². The molecule has 1 aromatic carbocycles. The van der Waals surface area contributed by atoms with E-state index in [9.17, 15) is 8.42 Å². The summed E-state index contributed by atoms with van der Waals surface area (Å²) in [4.78, 5) is 4.51. The highest BCUT2D eigenvalue weighted by molar-refractivity contribution is 7.89. The van der Waals surface area contributed by atoms with E-state index in [-0.39, 0.29) is 11.0 Å². The molecule has 1 aromatic heterocycles.